The van der Waals surface area contributed by atoms with Crippen LogP contribution in [0.3, 0.4) is 0 Å². The molecule has 72 valence electrons. The van der Waals surface area contributed by atoms with Crippen LogP contribution in [0.4, 0.5) is 26.3 Å². The van der Waals surface area contributed by atoms with Crippen molar-refractivity contribution in [3.8, 4) is 0 Å². The van der Waals surface area contributed by atoms with Gasteiger partial charge >= 0.3 is 12.1 Å². The van der Waals surface area contributed by atoms with Crippen molar-refractivity contribution >= 4 is 0 Å². The van der Waals surface area contributed by atoms with Crippen molar-refractivity contribution < 1.29 is 26.3 Å². The standard InChI is InChI=1S/C5H5F6N/c6-3(5(9,10)11)1-12-2-4(3,7)8/h12H,1-2H2. The lowest BCUT2D eigenvalue weighted by molar-refractivity contribution is -0.282. The first kappa shape index (κ1) is 9.63. The van der Waals surface area contributed by atoms with Gasteiger partial charge in [-0.2, -0.15) is 13.2 Å². The van der Waals surface area contributed by atoms with E-state index in [1.165, 1.54) is 0 Å². The molecule has 1 rings (SSSR count). The molecule has 7 heteroatoms. The summed E-state index contributed by atoms with van der Waals surface area (Å²) in [5.41, 5.74) is -4.42. The second-order valence-electron chi connectivity index (χ2n) is 2.61. The summed E-state index contributed by atoms with van der Waals surface area (Å²) in [7, 11) is 0. The van der Waals surface area contributed by atoms with E-state index in [2.05, 4.69) is 0 Å². The molecule has 0 aliphatic carbocycles. The monoisotopic (exact) mass is 193 g/mol. The Morgan fingerprint density at radius 2 is 1.50 bits per heavy atom. The molecule has 1 N–H and O–H groups in total. The Morgan fingerprint density at radius 1 is 1.00 bits per heavy atom. The van der Waals surface area contributed by atoms with E-state index >= 15 is 0 Å². The van der Waals surface area contributed by atoms with E-state index in [9.17, 15) is 26.3 Å². The van der Waals surface area contributed by atoms with Crippen LogP contribution in [0.15, 0.2) is 0 Å². The Morgan fingerprint density at radius 3 is 1.67 bits per heavy atom. The van der Waals surface area contributed by atoms with Gasteiger partial charge in [0.15, 0.2) is 0 Å². The summed E-state index contributed by atoms with van der Waals surface area (Å²) in [6.45, 7) is -2.66. The quantitative estimate of drug-likeness (QED) is 0.575. The lowest BCUT2D eigenvalue weighted by atomic mass is 10.0. The van der Waals surface area contributed by atoms with E-state index in [4.69, 9.17) is 0 Å². The van der Waals surface area contributed by atoms with Crippen LogP contribution in [0, 0.1) is 0 Å². The van der Waals surface area contributed by atoms with E-state index in [0.717, 1.165) is 0 Å². The SMILES string of the molecule is FC(F)(F)C1(F)CNCC1(F)F. The van der Waals surface area contributed by atoms with Gasteiger partial charge in [0.25, 0.3) is 5.67 Å². The lowest BCUT2D eigenvalue weighted by Crippen LogP contribution is -2.54. The van der Waals surface area contributed by atoms with Crippen molar-refractivity contribution in [1.82, 2.24) is 5.32 Å². The molecule has 0 bridgehead atoms. The molecule has 1 nitrogen and oxygen atoms in total. The van der Waals surface area contributed by atoms with Crippen LogP contribution in [0.2, 0.25) is 0 Å². The minimum Gasteiger partial charge on any atom is -0.307 e. The molecule has 0 spiro atoms. The average Bonchev–Trinajstić information content (AvgIpc) is 2.07. The number of halogens is 6. The molecule has 0 radical (unpaired) electrons. The lowest BCUT2D eigenvalue weighted by Gasteiger charge is -2.27. The number of hydrogen-bond acceptors (Lipinski definition) is 1. The molecular formula is C5H5F6N. The van der Waals surface area contributed by atoms with Gasteiger partial charge in [-0.3, -0.25) is 0 Å². The van der Waals surface area contributed by atoms with Gasteiger partial charge in [-0.05, 0) is 0 Å². The zero-order valence-corrected chi connectivity index (χ0v) is 5.68. The van der Waals surface area contributed by atoms with Crippen molar-refractivity contribution in [1.29, 1.82) is 0 Å². The summed E-state index contributed by atoms with van der Waals surface area (Å²) < 4.78 is 72.6. The first-order valence-electron chi connectivity index (χ1n) is 3.05. The molecule has 1 heterocycles. The van der Waals surface area contributed by atoms with Crippen LogP contribution in [-0.2, 0) is 0 Å². The van der Waals surface area contributed by atoms with Crippen molar-refractivity contribution in [2.24, 2.45) is 0 Å². The van der Waals surface area contributed by atoms with E-state index in [1.54, 1.807) is 5.32 Å². The Hall–Kier alpha value is -0.460. The van der Waals surface area contributed by atoms with Gasteiger partial charge in [0, 0.05) is 6.54 Å². The summed E-state index contributed by atoms with van der Waals surface area (Å²) in [5.74, 6) is -4.37. The molecule has 12 heavy (non-hydrogen) atoms. The first-order chi connectivity index (χ1) is 5.21. The van der Waals surface area contributed by atoms with Crippen LogP contribution < -0.4 is 5.32 Å². The van der Waals surface area contributed by atoms with E-state index < -0.39 is 30.9 Å². The molecule has 0 aromatic carbocycles. The topological polar surface area (TPSA) is 12.0 Å². The minimum absolute atomic E-state index is 1.27. The van der Waals surface area contributed by atoms with Gasteiger partial charge in [-0.15, -0.1) is 0 Å². The maximum absolute atomic E-state index is 12.7. The van der Waals surface area contributed by atoms with E-state index in [1.807, 2.05) is 0 Å². The van der Waals surface area contributed by atoms with Crippen molar-refractivity contribution in [2.75, 3.05) is 13.1 Å². The predicted molar refractivity (Wildman–Crippen MR) is 27.7 cm³/mol. The molecule has 1 unspecified atom stereocenters. The zero-order chi connectivity index (χ0) is 9.62. The summed E-state index contributed by atoms with van der Waals surface area (Å²) in [6, 6.07) is 0. The summed E-state index contributed by atoms with van der Waals surface area (Å²) >= 11 is 0. The van der Waals surface area contributed by atoms with Gasteiger partial charge in [0.1, 0.15) is 0 Å². The van der Waals surface area contributed by atoms with E-state index in [0.29, 0.717) is 0 Å². The molecule has 1 atom stereocenters. The van der Waals surface area contributed by atoms with Crippen LogP contribution in [0.1, 0.15) is 0 Å². The molecule has 0 aromatic rings. The van der Waals surface area contributed by atoms with Gasteiger partial charge in [-0.1, -0.05) is 0 Å². The fourth-order valence-corrected chi connectivity index (χ4v) is 0.969. The number of rotatable bonds is 0. The smallest absolute Gasteiger partial charge is 0.307 e. The van der Waals surface area contributed by atoms with E-state index in [-0.39, 0.29) is 0 Å². The average molecular weight is 193 g/mol. The number of nitrogens with one attached hydrogen (secondary N) is 1. The summed E-state index contributed by atoms with van der Waals surface area (Å²) in [6.07, 6.45) is -5.53. The molecule has 1 fully saturated rings. The van der Waals surface area contributed by atoms with Crippen LogP contribution in [-0.4, -0.2) is 30.9 Å². The Labute approximate surface area is 63.7 Å². The second kappa shape index (κ2) is 2.27. The molecule has 0 amide bonds. The van der Waals surface area contributed by atoms with Gasteiger partial charge < -0.3 is 5.32 Å². The largest absolute Gasteiger partial charge is 0.429 e. The Bertz CT molecular complexity index is 187. The highest BCUT2D eigenvalue weighted by atomic mass is 19.4. The van der Waals surface area contributed by atoms with Crippen LogP contribution >= 0.6 is 0 Å². The van der Waals surface area contributed by atoms with Crippen LogP contribution in [0.25, 0.3) is 0 Å². The first-order valence-corrected chi connectivity index (χ1v) is 3.05. The normalized spacial score (nSPS) is 35.5. The molecule has 1 saturated heterocycles. The van der Waals surface area contributed by atoms with Crippen molar-refractivity contribution in [3.05, 3.63) is 0 Å². The highest BCUT2D eigenvalue weighted by molar-refractivity contribution is 5.07. The third kappa shape index (κ3) is 1.07. The summed E-state index contributed by atoms with van der Waals surface area (Å²) in [5, 5.41) is 1.66. The van der Waals surface area contributed by atoms with Crippen molar-refractivity contribution in [3.63, 3.8) is 0 Å². The molecular weight excluding hydrogens is 188 g/mol. The predicted octanol–water partition coefficient (Wildman–Crippen LogP) is 1.50. The minimum atomic E-state index is -5.53. The van der Waals surface area contributed by atoms with Crippen LogP contribution in [0.5, 0.6) is 0 Å². The molecule has 0 aromatic heterocycles. The molecule has 1 aliphatic rings. The third-order valence-corrected chi connectivity index (χ3v) is 1.74. The highest BCUT2D eigenvalue weighted by Gasteiger charge is 2.73. The Balaban J connectivity index is 2.98. The third-order valence-electron chi connectivity index (χ3n) is 1.74. The van der Waals surface area contributed by atoms with Gasteiger partial charge in [0.05, 0.1) is 6.54 Å². The fraction of sp³-hybridized carbons (Fsp3) is 1.00. The second-order valence-corrected chi connectivity index (χ2v) is 2.61. The van der Waals surface area contributed by atoms with Gasteiger partial charge in [-0.25, -0.2) is 13.2 Å². The molecule has 1 aliphatic heterocycles. The summed E-state index contributed by atoms with van der Waals surface area (Å²) in [4.78, 5) is 0. The Kier molecular flexibility index (Phi) is 1.82. The number of alkyl halides is 6. The number of hydrogen-bond donors (Lipinski definition) is 1. The highest BCUT2D eigenvalue weighted by Crippen LogP contribution is 2.46. The van der Waals surface area contributed by atoms with Gasteiger partial charge in [0.2, 0.25) is 0 Å². The maximum atomic E-state index is 12.7. The molecule has 0 saturated carbocycles. The zero-order valence-electron chi connectivity index (χ0n) is 5.68. The fourth-order valence-electron chi connectivity index (χ4n) is 0.969. The maximum Gasteiger partial charge on any atom is 0.429 e. The van der Waals surface area contributed by atoms with Crippen molar-refractivity contribution in [2.45, 2.75) is 17.8 Å².